The third-order valence-electron chi connectivity index (χ3n) is 0.425. The van der Waals surface area contributed by atoms with Gasteiger partial charge in [-0.3, -0.25) is 0 Å². The average Bonchev–Trinajstić information content (AvgIpc) is 1.76. The summed E-state index contributed by atoms with van der Waals surface area (Å²) in [6.07, 6.45) is 0. The van der Waals surface area contributed by atoms with Crippen molar-refractivity contribution in [2.75, 3.05) is 0 Å². The summed E-state index contributed by atoms with van der Waals surface area (Å²) in [5.74, 6) is 0. The first kappa shape index (κ1) is 5.70. The summed E-state index contributed by atoms with van der Waals surface area (Å²) in [5, 5.41) is 4.08. The Morgan fingerprint density at radius 3 is 1.67 bits per heavy atom. The number of rotatable bonds is 0. The summed E-state index contributed by atoms with van der Waals surface area (Å²) in [4.78, 5) is 0. The molecule has 1 rings (SSSR count). The van der Waals surface area contributed by atoms with E-state index in [0.29, 0.717) is 0 Å². The number of thiophene rings is 1. The fraction of sp³-hybridized carbons (Fsp3) is 0. The molecule has 0 atom stereocenters. The second-order valence-electron chi connectivity index (χ2n) is 0.793. The standard InChI is InChI=1S/C4H4S.CH3/c1-2-4-5-3-1;/h1-4H;1H3. The summed E-state index contributed by atoms with van der Waals surface area (Å²) in [6, 6.07) is 4.04. The predicted molar refractivity (Wildman–Crippen MR) is 30.7 cm³/mol. The van der Waals surface area contributed by atoms with Crippen molar-refractivity contribution < 1.29 is 0 Å². The van der Waals surface area contributed by atoms with Gasteiger partial charge in [-0.1, -0.05) is 19.6 Å². The molecular weight excluding hydrogens is 92.1 g/mol. The molecule has 1 heteroatoms. The zero-order valence-corrected chi connectivity index (χ0v) is 4.53. The minimum atomic E-state index is 0. The molecule has 1 aromatic heterocycles. The van der Waals surface area contributed by atoms with E-state index in [1.165, 1.54) is 0 Å². The van der Waals surface area contributed by atoms with E-state index in [4.69, 9.17) is 0 Å². The van der Waals surface area contributed by atoms with Crippen LogP contribution >= 0.6 is 11.3 Å². The molecule has 0 fully saturated rings. The second kappa shape index (κ2) is 2.91. The molecule has 33 valence electrons. The van der Waals surface area contributed by atoms with Gasteiger partial charge >= 0.3 is 0 Å². The van der Waals surface area contributed by atoms with E-state index in [1.807, 2.05) is 22.9 Å². The Kier molecular flexibility index (Phi) is 2.77. The van der Waals surface area contributed by atoms with Gasteiger partial charge in [0, 0.05) is 0 Å². The lowest BCUT2D eigenvalue weighted by Gasteiger charge is -1.39. The van der Waals surface area contributed by atoms with Crippen LogP contribution in [0.3, 0.4) is 0 Å². The Hall–Kier alpha value is -0.300. The van der Waals surface area contributed by atoms with E-state index in [2.05, 4.69) is 0 Å². The highest BCUT2D eigenvalue weighted by Crippen LogP contribution is 1.91. The van der Waals surface area contributed by atoms with Crippen molar-refractivity contribution in [2.24, 2.45) is 0 Å². The number of hydrogen-bond acceptors (Lipinski definition) is 1. The van der Waals surface area contributed by atoms with Crippen LogP contribution in [0, 0.1) is 7.43 Å². The van der Waals surface area contributed by atoms with E-state index >= 15 is 0 Å². The van der Waals surface area contributed by atoms with E-state index < -0.39 is 0 Å². The zero-order chi connectivity index (χ0) is 3.54. The van der Waals surface area contributed by atoms with E-state index in [0.717, 1.165) is 0 Å². The van der Waals surface area contributed by atoms with Gasteiger partial charge in [-0.05, 0) is 10.8 Å². The highest BCUT2D eigenvalue weighted by atomic mass is 32.1. The second-order valence-corrected chi connectivity index (χ2v) is 1.61. The molecular formula is C5H7S. The van der Waals surface area contributed by atoms with Crippen LogP contribution in [0.25, 0.3) is 0 Å². The van der Waals surface area contributed by atoms with Crippen molar-refractivity contribution in [2.45, 2.75) is 0 Å². The zero-order valence-electron chi connectivity index (χ0n) is 3.72. The summed E-state index contributed by atoms with van der Waals surface area (Å²) >= 11 is 1.71. The molecule has 0 amide bonds. The molecule has 0 unspecified atom stereocenters. The maximum absolute atomic E-state index is 2.04. The van der Waals surface area contributed by atoms with Crippen LogP contribution in [-0.2, 0) is 0 Å². The largest absolute Gasteiger partial charge is 0.152 e. The molecule has 0 aliphatic heterocycles. The first-order chi connectivity index (χ1) is 2.50. The molecule has 0 saturated heterocycles. The maximum Gasteiger partial charge on any atom is -0.00934 e. The fourth-order valence-corrected chi connectivity index (χ4v) is 0.680. The topological polar surface area (TPSA) is 0 Å². The lowest BCUT2D eigenvalue weighted by atomic mass is 10.7. The van der Waals surface area contributed by atoms with Crippen molar-refractivity contribution >= 4 is 11.3 Å². The van der Waals surface area contributed by atoms with Gasteiger partial charge in [-0.15, -0.1) is 0 Å². The molecule has 0 N–H and O–H groups in total. The molecule has 0 saturated carbocycles. The highest BCUT2D eigenvalue weighted by Gasteiger charge is 1.58. The van der Waals surface area contributed by atoms with Gasteiger partial charge in [0.1, 0.15) is 0 Å². The summed E-state index contributed by atoms with van der Waals surface area (Å²) < 4.78 is 0. The van der Waals surface area contributed by atoms with E-state index in [9.17, 15) is 0 Å². The van der Waals surface area contributed by atoms with Gasteiger partial charge in [0.25, 0.3) is 0 Å². The first-order valence-electron chi connectivity index (χ1n) is 1.47. The average molecular weight is 99.2 g/mol. The van der Waals surface area contributed by atoms with Gasteiger partial charge in [-0.2, -0.15) is 11.3 Å². The van der Waals surface area contributed by atoms with E-state index in [1.54, 1.807) is 11.3 Å². The maximum atomic E-state index is 2.04. The smallest absolute Gasteiger partial charge is 0.00934 e. The normalized spacial score (nSPS) is 6.67. The van der Waals surface area contributed by atoms with Gasteiger partial charge < -0.3 is 0 Å². The van der Waals surface area contributed by atoms with Gasteiger partial charge in [0.15, 0.2) is 0 Å². The highest BCUT2D eigenvalue weighted by molar-refractivity contribution is 7.07. The van der Waals surface area contributed by atoms with Crippen molar-refractivity contribution in [3.63, 3.8) is 0 Å². The lowest BCUT2D eigenvalue weighted by Crippen LogP contribution is -1.16. The molecule has 1 aromatic rings. The van der Waals surface area contributed by atoms with E-state index in [-0.39, 0.29) is 7.43 Å². The SMILES string of the molecule is [CH3].c1ccsc1. The Morgan fingerprint density at radius 1 is 1.00 bits per heavy atom. The Morgan fingerprint density at radius 2 is 1.50 bits per heavy atom. The molecule has 0 aliphatic carbocycles. The summed E-state index contributed by atoms with van der Waals surface area (Å²) in [6.45, 7) is 0. The molecule has 1 heterocycles. The Labute approximate surface area is 42.4 Å². The molecule has 1 radical (unpaired) electrons. The van der Waals surface area contributed by atoms with Crippen LogP contribution in [0.2, 0.25) is 0 Å². The van der Waals surface area contributed by atoms with Crippen LogP contribution in [0.15, 0.2) is 22.9 Å². The minimum absolute atomic E-state index is 0. The Bertz CT molecular complexity index is 60.4. The molecule has 0 bridgehead atoms. The van der Waals surface area contributed by atoms with Gasteiger partial charge in [0.2, 0.25) is 0 Å². The third kappa shape index (κ3) is 1.22. The molecule has 0 aromatic carbocycles. The molecule has 0 spiro atoms. The predicted octanol–water partition coefficient (Wildman–Crippen LogP) is 2.20. The van der Waals surface area contributed by atoms with Crippen molar-refractivity contribution in [1.29, 1.82) is 0 Å². The monoisotopic (exact) mass is 99.0 g/mol. The molecule has 0 nitrogen and oxygen atoms in total. The minimum Gasteiger partial charge on any atom is -0.152 e. The third-order valence-corrected chi connectivity index (χ3v) is 1.05. The van der Waals surface area contributed by atoms with Crippen LogP contribution < -0.4 is 0 Å². The Balaban J connectivity index is 0.000000250. The summed E-state index contributed by atoms with van der Waals surface area (Å²) in [5.41, 5.74) is 0. The van der Waals surface area contributed by atoms with Crippen LogP contribution in [0.1, 0.15) is 0 Å². The fourth-order valence-electron chi connectivity index (χ4n) is 0.227. The number of hydrogen-bond donors (Lipinski definition) is 0. The van der Waals surface area contributed by atoms with Crippen molar-refractivity contribution in [3.8, 4) is 0 Å². The molecule has 0 aliphatic rings. The van der Waals surface area contributed by atoms with Crippen molar-refractivity contribution in [3.05, 3.63) is 30.3 Å². The van der Waals surface area contributed by atoms with Crippen LogP contribution in [0.5, 0.6) is 0 Å². The van der Waals surface area contributed by atoms with Crippen molar-refractivity contribution in [1.82, 2.24) is 0 Å². The molecule has 6 heavy (non-hydrogen) atoms. The first-order valence-corrected chi connectivity index (χ1v) is 2.41. The van der Waals surface area contributed by atoms with Crippen LogP contribution in [0.4, 0.5) is 0 Å². The quantitative estimate of drug-likeness (QED) is 0.467. The van der Waals surface area contributed by atoms with Gasteiger partial charge in [-0.25, -0.2) is 0 Å². The summed E-state index contributed by atoms with van der Waals surface area (Å²) in [7, 11) is 0. The van der Waals surface area contributed by atoms with Gasteiger partial charge in [0.05, 0.1) is 0 Å². The van der Waals surface area contributed by atoms with Crippen LogP contribution in [-0.4, -0.2) is 0 Å². The lowest BCUT2D eigenvalue weighted by molar-refractivity contribution is 2.03.